The minimum absolute atomic E-state index is 0.268. The molecule has 9 nitrogen and oxygen atoms in total. The highest BCUT2D eigenvalue weighted by Crippen LogP contribution is 2.65. The molecule has 5 aliphatic heterocycles. The highest BCUT2D eigenvalue weighted by Gasteiger charge is 2.50. The topological polar surface area (TPSA) is 72.0 Å². The van der Waals surface area contributed by atoms with Crippen molar-refractivity contribution in [3.8, 4) is 74.2 Å². The second-order valence-corrected chi connectivity index (χ2v) is 38.0. The first-order valence-electron chi connectivity index (χ1n) is 35.2. The zero-order chi connectivity index (χ0) is 69.1. The van der Waals surface area contributed by atoms with Crippen LogP contribution in [0.1, 0.15) is 25.0 Å². The van der Waals surface area contributed by atoms with E-state index >= 15 is 4.57 Å². The number of nitrogens with zero attached hydrogens (tertiary/aromatic N) is 4. The Morgan fingerprint density at radius 1 is 0.352 bits per heavy atom. The van der Waals surface area contributed by atoms with E-state index in [0.29, 0.717) is 45.1 Å². The van der Waals surface area contributed by atoms with Crippen molar-refractivity contribution in [2.75, 3.05) is 4.90 Å². The number of hydrogen-bond donors (Lipinski definition) is 0. The van der Waals surface area contributed by atoms with E-state index in [4.69, 9.17) is 30.8 Å². The summed E-state index contributed by atoms with van der Waals surface area (Å²) < 4.78 is 57.4. The largest absolute Gasteiger partial charge is 0.456 e. The summed E-state index contributed by atoms with van der Waals surface area (Å²) >= 11 is 10.8. The van der Waals surface area contributed by atoms with Gasteiger partial charge < -0.3 is 42.1 Å². The SMILES string of the molecule is CC1(C)c2ccccc2N(c2cc3c4c(c2)Oc2c(sc5ccccc25)P4(=O)c2ccc(-c4cccc5c4c4ccccc4n5-c4ccc5sc6c(c5c4)Oc4cc(-n5c7ccccc7c7ccccc75)cc5c4P6(=S)c4ccc(-n6c7ccccc7c7ccccc76)cc4O5)cc2O3)c2ccccc21. The molecule has 2 unspecified atom stereocenters. The van der Waals surface area contributed by atoms with E-state index in [-0.39, 0.29) is 5.41 Å². The van der Waals surface area contributed by atoms with Crippen LogP contribution in [0.15, 0.2) is 291 Å². The van der Waals surface area contributed by atoms with E-state index in [2.05, 4.69) is 312 Å². The maximum atomic E-state index is 17.1. The molecule has 10 heterocycles. The lowest BCUT2D eigenvalue weighted by Crippen LogP contribution is -2.34. The van der Waals surface area contributed by atoms with Crippen LogP contribution in [-0.2, 0) is 21.8 Å². The van der Waals surface area contributed by atoms with Crippen LogP contribution in [0, 0.1) is 0 Å². The van der Waals surface area contributed by atoms with Crippen LogP contribution in [0.25, 0.3) is 114 Å². The Labute approximate surface area is 614 Å². The first kappa shape index (κ1) is 58.7. The maximum Gasteiger partial charge on any atom is 0.195 e. The number of para-hydroxylation sites is 7. The number of aromatic nitrogens is 3. The summed E-state index contributed by atoms with van der Waals surface area (Å²) in [6.07, 6.45) is 0. The molecule has 14 heteroatoms. The van der Waals surface area contributed by atoms with Crippen molar-refractivity contribution in [2.24, 2.45) is 0 Å². The number of benzene rings is 14. The van der Waals surface area contributed by atoms with Crippen molar-refractivity contribution in [2.45, 2.75) is 19.3 Å². The van der Waals surface area contributed by atoms with E-state index in [1.807, 2.05) is 12.1 Å². The van der Waals surface area contributed by atoms with Crippen molar-refractivity contribution in [1.29, 1.82) is 0 Å². The van der Waals surface area contributed by atoms with Gasteiger partial charge in [-0.1, -0.05) is 183 Å². The van der Waals surface area contributed by atoms with Crippen molar-refractivity contribution in [1.82, 2.24) is 13.7 Å². The van der Waals surface area contributed by atoms with E-state index in [1.165, 1.54) is 32.7 Å². The lowest BCUT2D eigenvalue weighted by atomic mass is 9.73. The van der Waals surface area contributed by atoms with Gasteiger partial charge in [-0.2, -0.15) is 0 Å². The number of ether oxygens (including phenoxy) is 4. The molecule has 0 radical (unpaired) electrons. The zero-order valence-electron chi connectivity index (χ0n) is 56.2. The fourth-order valence-electron chi connectivity index (χ4n) is 18.2. The monoisotopic (exact) mass is 1440 g/mol. The predicted molar refractivity (Wildman–Crippen MR) is 438 cm³/mol. The molecular formula is C91H54N4O5P2S3. The summed E-state index contributed by atoms with van der Waals surface area (Å²) in [5, 5.41) is 12.0. The number of fused-ring (bicyclic) bond motifs is 23. The summed E-state index contributed by atoms with van der Waals surface area (Å²) in [6.45, 7) is 4.59. The quantitative estimate of drug-likeness (QED) is 0.159. The van der Waals surface area contributed by atoms with Crippen molar-refractivity contribution in [3.63, 3.8) is 0 Å². The summed E-state index contributed by atoms with van der Waals surface area (Å²) in [7, 11) is -3.64. The average molecular weight is 1440 g/mol. The molecule has 2 atom stereocenters. The van der Waals surface area contributed by atoms with E-state index in [1.54, 1.807) is 22.7 Å². The van der Waals surface area contributed by atoms with Gasteiger partial charge in [0.15, 0.2) is 18.6 Å². The highest BCUT2D eigenvalue weighted by molar-refractivity contribution is 8.27. The molecule has 14 aromatic carbocycles. The first-order chi connectivity index (χ1) is 51.6. The molecular weight excluding hydrogens is 1390 g/mol. The predicted octanol–water partition coefficient (Wildman–Crippen LogP) is 23.0. The van der Waals surface area contributed by atoms with Gasteiger partial charge in [0, 0.05) is 105 Å². The second-order valence-electron chi connectivity index (χ2n) is 28.5. The summed E-state index contributed by atoms with van der Waals surface area (Å²) in [6, 6.07) is 101. The van der Waals surface area contributed by atoms with Gasteiger partial charge in [-0.25, -0.2) is 0 Å². The lowest BCUT2D eigenvalue weighted by molar-refractivity contribution is 0.465. The molecule has 496 valence electrons. The van der Waals surface area contributed by atoms with Crippen LogP contribution in [0.3, 0.4) is 0 Å². The molecule has 0 fully saturated rings. The summed E-state index contributed by atoms with van der Waals surface area (Å²) in [5.74, 6) is 5.21. The molecule has 19 aromatic rings. The molecule has 0 amide bonds. The molecule has 0 aliphatic carbocycles. The van der Waals surface area contributed by atoms with Crippen LogP contribution in [0.2, 0.25) is 0 Å². The summed E-state index contributed by atoms with van der Waals surface area (Å²) in [5.41, 5.74) is 16.5. The number of thiophene rings is 2. The van der Waals surface area contributed by atoms with Gasteiger partial charge in [0.25, 0.3) is 0 Å². The normalized spacial score (nSPS) is 16.8. The number of anilines is 3. The van der Waals surface area contributed by atoms with Crippen LogP contribution < -0.4 is 54.3 Å². The molecule has 105 heavy (non-hydrogen) atoms. The molecule has 0 saturated heterocycles. The molecule has 0 N–H and O–H groups in total. The van der Waals surface area contributed by atoms with Gasteiger partial charge in [0.2, 0.25) is 0 Å². The van der Waals surface area contributed by atoms with Gasteiger partial charge in [-0.05, 0) is 125 Å². The Morgan fingerprint density at radius 2 is 0.800 bits per heavy atom. The lowest BCUT2D eigenvalue weighted by Gasteiger charge is -2.42. The molecule has 0 saturated carbocycles. The van der Waals surface area contributed by atoms with Gasteiger partial charge in [-0.15, -0.1) is 22.7 Å². The van der Waals surface area contributed by atoms with Gasteiger partial charge >= 0.3 is 0 Å². The molecule has 5 aliphatic rings. The second kappa shape index (κ2) is 20.8. The highest BCUT2D eigenvalue weighted by atomic mass is 32.4. The Bertz CT molecular complexity index is 7180. The van der Waals surface area contributed by atoms with Crippen LogP contribution in [0.5, 0.6) is 46.0 Å². The Kier molecular flexibility index (Phi) is 11.6. The van der Waals surface area contributed by atoms with Gasteiger partial charge in [0.05, 0.1) is 77.1 Å². The fraction of sp³-hybridized carbons (Fsp3) is 0.0330. The zero-order valence-corrected chi connectivity index (χ0v) is 60.4. The van der Waals surface area contributed by atoms with Crippen LogP contribution >= 0.6 is 35.9 Å². The first-order valence-corrected chi connectivity index (χ1v) is 41.4. The molecule has 5 aromatic heterocycles. The Balaban J connectivity index is 0.674. The van der Waals surface area contributed by atoms with E-state index in [9.17, 15) is 0 Å². The van der Waals surface area contributed by atoms with E-state index in [0.717, 1.165) is 141 Å². The summed E-state index contributed by atoms with van der Waals surface area (Å²) in [4.78, 5) is 2.31. The van der Waals surface area contributed by atoms with Crippen molar-refractivity contribution >= 4 is 181 Å². The third-order valence-corrected chi connectivity index (χ3v) is 34.5. The van der Waals surface area contributed by atoms with Gasteiger partial charge in [-0.3, -0.25) is 0 Å². The maximum absolute atomic E-state index is 17.1. The third kappa shape index (κ3) is 7.66. The molecule has 0 spiro atoms. The van der Waals surface area contributed by atoms with Crippen LogP contribution in [0.4, 0.5) is 17.1 Å². The fourth-order valence-corrected chi connectivity index (χ4v) is 29.5. The standard InChI is InChI=1S/C91H54N4O5P2S3/c1-91(2)64-27-9-16-34-71(64)95(72-35-17-10-28-65(72)91)55-47-76-87-77(48-55)99-85-62-25-8-18-37-82(62)104-89(85)101(87,96)80-41-38-51(44-74(80)97-76)56-26-19-36-73-84(56)61-24-7-15-33-70(61)93(73)52-40-43-83-63(45-52)86-90(105-83)102(103)81-42-39-53(92-66-29-11-3-20-57(66)58-21-4-12-30-67(58)92)46-75(81)98-78-49-54(50-79(100-86)88(78)102)94-68-31-13-5-22-59(68)60-23-6-14-32-69(60)94/h3-50H,1-2H3. The smallest absolute Gasteiger partial charge is 0.195 e. The minimum Gasteiger partial charge on any atom is -0.456 e. The van der Waals surface area contributed by atoms with Crippen LogP contribution in [-0.4, -0.2) is 13.7 Å². The average Bonchev–Trinajstić information content (AvgIpc) is 1.63. The van der Waals surface area contributed by atoms with Crippen molar-refractivity contribution < 1.29 is 23.5 Å². The minimum atomic E-state index is -3.64. The van der Waals surface area contributed by atoms with Gasteiger partial charge in [0.1, 0.15) is 44.4 Å². The number of hydrogen-bond acceptors (Lipinski definition) is 9. The Hall–Kier alpha value is -11.7. The Morgan fingerprint density at radius 3 is 1.46 bits per heavy atom. The third-order valence-electron chi connectivity index (χ3n) is 22.7. The van der Waals surface area contributed by atoms with E-state index < -0.39 is 13.2 Å². The number of rotatable bonds is 5. The van der Waals surface area contributed by atoms with Crippen molar-refractivity contribution in [3.05, 3.63) is 302 Å². The molecule has 24 rings (SSSR count). The molecule has 0 bridgehead atoms.